The molecule has 0 atom stereocenters. The quantitative estimate of drug-likeness (QED) is 0.424. The van der Waals surface area contributed by atoms with Gasteiger partial charge in [0.05, 0.1) is 0 Å². The van der Waals surface area contributed by atoms with Crippen molar-refractivity contribution >= 4 is 34.0 Å². The van der Waals surface area contributed by atoms with Crippen LogP contribution < -0.4 is 0 Å². The van der Waals surface area contributed by atoms with Gasteiger partial charge in [0.1, 0.15) is 0 Å². The van der Waals surface area contributed by atoms with Gasteiger partial charge in [-0.2, -0.15) is 0 Å². The largest absolute Gasteiger partial charge is 2.00 e. The maximum atomic E-state index is 0. The summed E-state index contributed by atoms with van der Waals surface area (Å²) in [7, 11) is 0. The molecule has 4 heavy (non-hydrogen) atoms. The van der Waals surface area contributed by atoms with E-state index in [1.807, 2.05) is 0 Å². The Balaban J connectivity index is 0. The molecule has 0 spiro atoms. The summed E-state index contributed by atoms with van der Waals surface area (Å²) in [6.45, 7) is 0. The SMILES string of the molecule is [H-].[H-].[Mg+2].[SiH4].[Y].[Zn]. The Morgan fingerprint density at radius 1 is 1.25 bits per heavy atom. The second-order valence-electron chi connectivity index (χ2n) is 0. The second-order valence-corrected chi connectivity index (χ2v) is 0. The normalized spacial score (nSPS) is 0. The third kappa shape index (κ3) is 8.83. The minimum absolute atomic E-state index is 0. The van der Waals surface area contributed by atoms with E-state index in [9.17, 15) is 0 Å². The molecule has 4 heteroatoms. The predicted octanol–water partition coefficient (Wildman–Crippen LogP) is -1.61. The Morgan fingerprint density at radius 2 is 1.25 bits per heavy atom. The Labute approximate surface area is 87.6 Å². The van der Waals surface area contributed by atoms with Crippen LogP contribution in [0, 0.1) is 0 Å². The van der Waals surface area contributed by atoms with E-state index < -0.39 is 0 Å². The number of rotatable bonds is 0. The van der Waals surface area contributed by atoms with Crippen molar-refractivity contribution in [2.45, 2.75) is 0 Å². The molecule has 0 aromatic rings. The average molecular weight is 213 g/mol. The Kier molecular flexibility index (Phi) is 128. The van der Waals surface area contributed by atoms with E-state index in [4.69, 9.17) is 0 Å². The van der Waals surface area contributed by atoms with Crippen molar-refractivity contribution in [2.24, 2.45) is 0 Å². The van der Waals surface area contributed by atoms with Gasteiger partial charge < -0.3 is 2.85 Å². The zero-order valence-corrected chi connectivity index (χ0v) is 9.21. The number of hydrogen-bond acceptors (Lipinski definition) is 0. The fourth-order valence-corrected chi connectivity index (χ4v) is 0. The molecule has 17 valence electrons. The van der Waals surface area contributed by atoms with E-state index in [2.05, 4.69) is 0 Å². The first-order valence-electron chi connectivity index (χ1n) is 0. The van der Waals surface area contributed by atoms with Crippen molar-refractivity contribution in [2.75, 3.05) is 0 Å². The van der Waals surface area contributed by atoms with Crippen molar-refractivity contribution < 1.29 is 55.0 Å². The van der Waals surface area contributed by atoms with Gasteiger partial charge in [0.25, 0.3) is 0 Å². The molecule has 0 aliphatic rings. The van der Waals surface area contributed by atoms with Crippen LogP contribution in [0.25, 0.3) is 0 Å². The van der Waals surface area contributed by atoms with Crippen LogP contribution in [0.3, 0.4) is 0 Å². The molecule has 0 saturated heterocycles. The molecule has 0 fully saturated rings. The van der Waals surface area contributed by atoms with Crippen molar-refractivity contribution in [3.05, 3.63) is 0 Å². The molecule has 0 N–H and O–H groups in total. The summed E-state index contributed by atoms with van der Waals surface area (Å²) in [5.74, 6) is 0. The Morgan fingerprint density at radius 3 is 1.25 bits per heavy atom. The Hall–Kier alpha value is 2.71. The first-order valence-corrected chi connectivity index (χ1v) is 0. The van der Waals surface area contributed by atoms with E-state index in [1.165, 1.54) is 0 Å². The van der Waals surface area contributed by atoms with Gasteiger partial charge in [-0.05, 0) is 11.0 Å². The monoisotopic (exact) mass is 211 g/mol. The summed E-state index contributed by atoms with van der Waals surface area (Å²) in [5, 5.41) is 0. The molecule has 0 amide bonds. The number of hydrogen-bond donors (Lipinski definition) is 0. The van der Waals surface area contributed by atoms with Crippen LogP contribution in [0.2, 0.25) is 0 Å². The summed E-state index contributed by atoms with van der Waals surface area (Å²) < 4.78 is 0. The van der Waals surface area contributed by atoms with Crippen LogP contribution in [0.5, 0.6) is 0 Å². The van der Waals surface area contributed by atoms with Gasteiger partial charge in [0.15, 0.2) is 0 Å². The van der Waals surface area contributed by atoms with Gasteiger partial charge in [-0.3, -0.25) is 0 Å². The van der Waals surface area contributed by atoms with Gasteiger partial charge in [-0.15, -0.1) is 0 Å². The topological polar surface area (TPSA) is 0 Å². The van der Waals surface area contributed by atoms with Gasteiger partial charge in [0.2, 0.25) is 0 Å². The van der Waals surface area contributed by atoms with E-state index in [-0.39, 0.29) is 89.1 Å². The first-order chi connectivity index (χ1) is 0. The molecule has 0 rings (SSSR count). The van der Waals surface area contributed by atoms with Crippen molar-refractivity contribution in [3.8, 4) is 0 Å². The molecular formula is H6MgSiYZn. The van der Waals surface area contributed by atoms with Crippen LogP contribution in [0.15, 0.2) is 0 Å². The minimum atomic E-state index is 0. The van der Waals surface area contributed by atoms with Crippen molar-refractivity contribution in [1.29, 1.82) is 0 Å². The van der Waals surface area contributed by atoms with Gasteiger partial charge in [-0.1, -0.05) is 0 Å². The molecule has 1 radical (unpaired) electrons. The smallest absolute Gasteiger partial charge is 1.00 e. The molecule has 0 unspecified atom stereocenters. The van der Waals surface area contributed by atoms with Crippen LogP contribution in [-0.4, -0.2) is 34.0 Å². The van der Waals surface area contributed by atoms with Gasteiger partial charge in [-0.25, -0.2) is 0 Å². The summed E-state index contributed by atoms with van der Waals surface area (Å²) in [6, 6.07) is 0. The Bertz CT molecular complexity index is 13.5. The molecule has 0 heterocycles. The maximum absolute atomic E-state index is 0. The minimum Gasteiger partial charge on any atom is -1.00 e. The summed E-state index contributed by atoms with van der Waals surface area (Å²) in [4.78, 5) is 0. The van der Waals surface area contributed by atoms with Crippen LogP contribution >= 0.6 is 0 Å². The summed E-state index contributed by atoms with van der Waals surface area (Å²) in [6.07, 6.45) is 0. The van der Waals surface area contributed by atoms with Crippen LogP contribution in [0.4, 0.5) is 0 Å². The van der Waals surface area contributed by atoms with E-state index in [1.54, 1.807) is 0 Å². The fourth-order valence-electron chi connectivity index (χ4n) is 0. The van der Waals surface area contributed by atoms with Crippen LogP contribution in [0.1, 0.15) is 2.85 Å². The second kappa shape index (κ2) is 17.2. The summed E-state index contributed by atoms with van der Waals surface area (Å²) >= 11 is 0. The maximum Gasteiger partial charge on any atom is 2.00 e. The van der Waals surface area contributed by atoms with Gasteiger partial charge >= 0.3 is 23.1 Å². The zero-order chi connectivity index (χ0) is 0. The van der Waals surface area contributed by atoms with Gasteiger partial charge in [0, 0.05) is 52.2 Å². The third-order valence-electron chi connectivity index (χ3n) is 0. The zero-order valence-electron chi connectivity index (χ0n) is 3.99. The van der Waals surface area contributed by atoms with E-state index >= 15 is 0 Å². The standard InChI is InChI=1S/Mg.H4Si.Y.Zn.2H/h;1H4;;;;/q+2;;;;2*-1. The molecule has 0 aromatic heterocycles. The summed E-state index contributed by atoms with van der Waals surface area (Å²) in [5.41, 5.74) is 0. The van der Waals surface area contributed by atoms with E-state index in [0.717, 1.165) is 0 Å². The molecule has 0 nitrogen and oxygen atoms in total. The molecule has 0 aliphatic carbocycles. The predicted molar refractivity (Wildman–Crippen MR) is 19.3 cm³/mol. The van der Waals surface area contributed by atoms with E-state index in [0.29, 0.717) is 0 Å². The van der Waals surface area contributed by atoms with Crippen molar-refractivity contribution in [3.63, 3.8) is 0 Å². The van der Waals surface area contributed by atoms with Crippen LogP contribution in [-0.2, 0) is 52.2 Å². The molecule has 0 aromatic carbocycles. The molecule has 0 saturated carbocycles. The van der Waals surface area contributed by atoms with Crippen molar-refractivity contribution in [1.82, 2.24) is 0 Å². The third-order valence-corrected chi connectivity index (χ3v) is 0. The molecular weight excluding hydrogens is 207 g/mol. The fraction of sp³-hybridized carbons (Fsp3) is 0. The molecule has 0 bridgehead atoms. The average Bonchev–Trinajstić information content (AvgIpc) is 0. The molecule has 0 aliphatic heterocycles. The first kappa shape index (κ1) is 29.8.